The van der Waals surface area contributed by atoms with Crippen molar-refractivity contribution in [1.82, 2.24) is 15.3 Å². The highest BCUT2D eigenvalue weighted by Crippen LogP contribution is 2.41. The molecule has 130 valence electrons. The first-order chi connectivity index (χ1) is 12.3. The van der Waals surface area contributed by atoms with Gasteiger partial charge in [-0.1, -0.05) is 30.3 Å². The van der Waals surface area contributed by atoms with Crippen molar-refractivity contribution < 1.29 is 0 Å². The highest BCUT2D eigenvalue weighted by atomic mass is 15.3. The highest BCUT2D eigenvalue weighted by molar-refractivity contribution is 5.57. The van der Waals surface area contributed by atoms with Crippen LogP contribution in [0, 0.1) is 5.92 Å². The molecule has 5 nitrogen and oxygen atoms in total. The number of fused-ring (bicyclic) bond motifs is 2. The van der Waals surface area contributed by atoms with Crippen molar-refractivity contribution in [2.75, 3.05) is 30.3 Å². The number of hydrogen-bond donors (Lipinski definition) is 2. The second-order valence-electron chi connectivity index (χ2n) is 7.59. The van der Waals surface area contributed by atoms with Crippen LogP contribution >= 0.6 is 0 Å². The van der Waals surface area contributed by atoms with Gasteiger partial charge in [-0.15, -0.1) is 0 Å². The van der Waals surface area contributed by atoms with Crippen LogP contribution in [-0.2, 0) is 6.42 Å². The summed E-state index contributed by atoms with van der Waals surface area (Å²) in [6, 6.07) is 11.3. The van der Waals surface area contributed by atoms with Crippen LogP contribution in [0.4, 0.5) is 11.8 Å². The Hall–Kier alpha value is -2.14. The molecule has 3 heterocycles. The van der Waals surface area contributed by atoms with E-state index < -0.39 is 0 Å². The average molecular weight is 335 g/mol. The molecule has 0 bridgehead atoms. The van der Waals surface area contributed by atoms with E-state index in [-0.39, 0.29) is 0 Å². The Morgan fingerprint density at radius 3 is 2.84 bits per heavy atom. The lowest BCUT2D eigenvalue weighted by atomic mass is 9.82. The predicted molar refractivity (Wildman–Crippen MR) is 99.8 cm³/mol. The summed E-state index contributed by atoms with van der Waals surface area (Å²) < 4.78 is 0. The zero-order valence-electron chi connectivity index (χ0n) is 14.5. The number of anilines is 2. The van der Waals surface area contributed by atoms with Gasteiger partial charge in [-0.05, 0) is 37.2 Å². The van der Waals surface area contributed by atoms with E-state index in [1.54, 1.807) is 0 Å². The van der Waals surface area contributed by atoms with Gasteiger partial charge in [0, 0.05) is 37.2 Å². The Bertz CT molecular complexity index is 775. The highest BCUT2D eigenvalue weighted by Gasteiger charge is 2.40. The third-order valence-corrected chi connectivity index (χ3v) is 6.20. The fraction of sp³-hybridized carbons (Fsp3) is 0.500. The molecule has 2 saturated heterocycles. The third-order valence-electron chi connectivity index (χ3n) is 6.20. The Morgan fingerprint density at radius 2 is 1.96 bits per heavy atom. The molecule has 5 heteroatoms. The number of benzene rings is 1. The van der Waals surface area contributed by atoms with E-state index in [1.807, 2.05) is 0 Å². The largest absolute Gasteiger partial charge is 0.368 e. The molecule has 0 amide bonds. The molecule has 1 aromatic heterocycles. The van der Waals surface area contributed by atoms with Crippen LogP contribution in [0.5, 0.6) is 0 Å². The van der Waals surface area contributed by atoms with Gasteiger partial charge in [-0.3, -0.25) is 0 Å². The predicted octanol–water partition coefficient (Wildman–Crippen LogP) is 2.33. The monoisotopic (exact) mass is 335 g/mol. The molecule has 3 atom stereocenters. The van der Waals surface area contributed by atoms with Gasteiger partial charge in [-0.25, -0.2) is 4.98 Å². The Kier molecular flexibility index (Phi) is 3.63. The fourth-order valence-electron chi connectivity index (χ4n) is 5.01. The van der Waals surface area contributed by atoms with Crippen molar-refractivity contribution in [3.63, 3.8) is 0 Å². The van der Waals surface area contributed by atoms with Gasteiger partial charge in [0.15, 0.2) is 0 Å². The fourth-order valence-corrected chi connectivity index (χ4v) is 5.01. The number of nitrogens with two attached hydrogens (primary N) is 1. The van der Waals surface area contributed by atoms with E-state index in [0.717, 1.165) is 49.9 Å². The molecule has 2 aliphatic heterocycles. The van der Waals surface area contributed by atoms with Crippen molar-refractivity contribution in [2.45, 2.75) is 37.6 Å². The Morgan fingerprint density at radius 1 is 1.08 bits per heavy atom. The summed E-state index contributed by atoms with van der Waals surface area (Å²) in [5, 5.41) is 3.54. The van der Waals surface area contributed by atoms with Gasteiger partial charge in [0.2, 0.25) is 5.95 Å². The van der Waals surface area contributed by atoms with E-state index >= 15 is 0 Å². The maximum absolute atomic E-state index is 6.16. The topological polar surface area (TPSA) is 67.1 Å². The summed E-state index contributed by atoms with van der Waals surface area (Å²) >= 11 is 0. The van der Waals surface area contributed by atoms with Crippen molar-refractivity contribution in [3.8, 4) is 0 Å². The lowest BCUT2D eigenvalue weighted by Gasteiger charge is -2.32. The van der Waals surface area contributed by atoms with Crippen LogP contribution in [0.1, 0.15) is 42.0 Å². The molecule has 5 rings (SSSR count). The summed E-state index contributed by atoms with van der Waals surface area (Å²) in [5.41, 5.74) is 10.0. The first-order valence-corrected chi connectivity index (χ1v) is 9.50. The molecule has 0 saturated carbocycles. The second kappa shape index (κ2) is 5.99. The van der Waals surface area contributed by atoms with Gasteiger partial charge in [0.05, 0.1) is 5.69 Å². The lowest BCUT2D eigenvalue weighted by molar-refractivity contribution is 0.569. The number of nitrogens with one attached hydrogen (secondary N) is 1. The van der Waals surface area contributed by atoms with Crippen molar-refractivity contribution in [3.05, 3.63) is 47.2 Å². The zero-order chi connectivity index (χ0) is 16.8. The van der Waals surface area contributed by atoms with Crippen molar-refractivity contribution in [2.24, 2.45) is 5.92 Å². The second-order valence-corrected chi connectivity index (χ2v) is 7.59. The zero-order valence-corrected chi connectivity index (χ0v) is 14.5. The molecule has 1 aliphatic carbocycles. The van der Waals surface area contributed by atoms with Crippen molar-refractivity contribution >= 4 is 11.8 Å². The van der Waals surface area contributed by atoms with E-state index in [4.69, 9.17) is 15.7 Å². The molecule has 3 aliphatic rings. The number of hydrogen-bond acceptors (Lipinski definition) is 5. The van der Waals surface area contributed by atoms with Crippen LogP contribution < -0.4 is 16.0 Å². The van der Waals surface area contributed by atoms with Gasteiger partial charge in [0.1, 0.15) is 5.82 Å². The maximum Gasteiger partial charge on any atom is 0.222 e. The molecule has 25 heavy (non-hydrogen) atoms. The number of nitrogens with zero attached hydrogens (tertiary/aromatic N) is 3. The van der Waals surface area contributed by atoms with Gasteiger partial charge in [0.25, 0.3) is 0 Å². The normalized spacial score (nSPS) is 28.0. The first kappa shape index (κ1) is 15.1. The first-order valence-electron chi connectivity index (χ1n) is 9.50. The summed E-state index contributed by atoms with van der Waals surface area (Å²) in [6.45, 7) is 3.29. The summed E-state index contributed by atoms with van der Waals surface area (Å²) in [5.74, 6) is 2.62. The molecule has 0 radical (unpaired) electrons. The molecule has 1 aromatic carbocycles. The van der Waals surface area contributed by atoms with Crippen LogP contribution in [0.2, 0.25) is 0 Å². The van der Waals surface area contributed by atoms with Gasteiger partial charge < -0.3 is 16.0 Å². The minimum atomic E-state index is 0.342. The molecule has 2 fully saturated rings. The summed E-state index contributed by atoms with van der Waals surface area (Å²) in [7, 11) is 0. The van der Waals surface area contributed by atoms with E-state index in [9.17, 15) is 0 Å². The van der Waals surface area contributed by atoms with E-state index in [2.05, 4.69) is 40.5 Å². The number of rotatable bonds is 2. The molecule has 3 unspecified atom stereocenters. The Labute approximate surface area is 148 Å². The van der Waals surface area contributed by atoms with Crippen LogP contribution in [0.25, 0.3) is 0 Å². The average Bonchev–Trinajstić information content (AvgIpc) is 3.25. The third kappa shape index (κ3) is 2.49. The van der Waals surface area contributed by atoms with Crippen LogP contribution in [0.15, 0.2) is 30.3 Å². The summed E-state index contributed by atoms with van der Waals surface area (Å²) in [6.07, 6.45) is 4.64. The molecule has 2 aromatic rings. The number of aromatic nitrogens is 2. The summed E-state index contributed by atoms with van der Waals surface area (Å²) in [4.78, 5) is 11.9. The minimum Gasteiger partial charge on any atom is -0.368 e. The molecular weight excluding hydrogens is 310 g/mol. The smallest absolute Gasteiger partial charge is 0.222 e. The Balaban J connectivity index is 1.59. The number of nitrogen functional groups attached to an aromatic ring is 1. The maximum atomic E-state index is 6.16. The standard InChI is InChI=1S/C20H25N5/c21-20-23-18-15(13-5-2-1-3-6-13)7-4-8-16(18)19(24-20)25-10-9-14-11-22-12-17(14)25/h1-3,5-6,14-15,17,22H,4,7-12H2,(H2,21,23,24). The molecule has 0 spiro atoms. The van der Waals surface area contributed by atoms with Crippen LogP contribution in [-0.4, -0.2) is 35.6 Å². The SMILES string of the molecule is Nc1nc2c(c(N3CCC4CNCC43)n1)CCCC2c1ccccc1. The minimum absolute atomic E-state index is 0.342. The quantitative estimate of drug-likeness (QED) is 0.882. The molecular formula is C20H25N5. The van der Waals surface area contributed by atoms with E-state index in [0.29, 0.717) is 17.9 Å². The molecule has 3 N–H and O–H groups in total. The van der Waals surface area contributed by atoms with Crippen molar-refractivity contribution in [1.29, 1.82) is 0 Å². The van der Waals surface area contributed by atoms with E-state index in [1.165, 1.54) is 24.0 Å². The van der Waals surface area contributed by atoms with Gasteiger partial charge >= 0.3 is 0 Å². The lowest BCUT2D eigenvalue weighted by Crippen LogP contribution is -2.36. The van der Waals surface area contributed by atoms with Gasteiger partial charge in [-0.2, -0.15) is 4.98 Å². The van der Waals surface area contributed by atoms with Crippen LogP contribution in [0.3, 0.4) is 0 Å².